The van der Waals surface area contributed by atoms with Crippen molar-refractivity contribution in [1.29, 1.82) is 0 Å². The predicted octanol–water partition coefficient (Wildman–Crippen LogP) is 7.79. The smallest absolute Gasteiger partial charge is 0.302 e. The molecule has 5 saturated carbocycles. The Kier molecular flexibility index (Phi) is 5.76. The normalized spacial score (nSPS) is 54.9. The summed E-state index contributed by atoms with van der Waals surface area (Å²) in [7, 11) is 0. The average Bonchev–Trinajstić information content (AvgIpc) is 3.03. The molecule has 0 heterocycles. The van der Waals surface area contributed by atoms with Gasteiger partial charge >= 0.3 is 5.97 Å². The summed E-state index contributed by atoms with van der Waals surface area (Å²) in [5, 5.41) is 12.1. The number of aliphatic hydroxyl groups is 1. The molecule has 0 amide bonds. The molecule has 35 heavy (non-hydrogen) atoms. The largest absolute Gasteiger partial charge is 0.462 e. The van der Waals surface area contributed by atoms with Crippen LogP contribution in [0.5, 0.6) is 0 Å². The zero-order chi connectivity index (χ0) is 25.8. The minimum atomic E-state index is -0.504. The highest BCUT2D eigenvalue weighted by Crippen LogP contribution is 2.77. The molecule has 3 nitrogen and oxygen atoms in total. The third kappa shape index (κ3) is 3.21. The van der Waals surface area contributed by atoms with Crippen molar-refractivity contribution in [2.75, 3.05) is 0 Å². The van der Waals surface area contributed by atoms with Gasteiger partial charge in [-0.1, -0.05) is 55.4 Å². The Balaban J connectivity index is 1.51. The SMILES string of the molecule is CC(=O)O[C@H]1CC[C@]2(C)[C@H]3CC[C@@H]4[C@@H]5[C@](C)(CC[C@@]5(O)C(C)C)CC[C@@]4(C)[C@]3(C)CC[C@H]2C1(C)C. The first-order chi connectivity index (χ1) is 16.1. The fraction of sp³-hybridized carbons (Fsp3) is 0.969. The molecule has 0 aromatic carbocycles. The predicted molar refractivity (Wildman–Crippen MR) is 142 cm³/mol. The van der Waals surface area contributed by atoms with Gasteiger partial charge in [-0.25, -0.2) is 0 Å². The molecule has 0 spiro atoms. The summed E-state index contributed by atoms with van der Waals surface area (Å²) in [5.41, 5.74) is 0.719. The maximum absolute atomic E-state index is 12.1. The Hall–Kier alpha value is -0.570. The van der Waals surface area contributed by atoms with Gasteiger partial charge in [0.1, 0.15) is 6.10 Å². The van der Waals surface area contributed by atoms with E-state index in [2.05, 4.69) is 55.4 Å². The molecule has 0 aliphatic heterocycles. The van der Waals surface area contributed by atoms with E-state index in [1.54, 1.807) is 6.92 Å². The maximum atomic E-state index is 12.1. The van der Waals surface area contributed by atoms with Gasteiger partial charge in [0.15, 0.2) is 0 Å². The molecule has 1 N–H and O–H groups in total. The summed E-state index contributed by atoms with van der Waals surface area (Å²) in [6, 6.07) is 0. The summed E-state index contributed by atoms with van der Waals surface area (Å²) in [4.78, 5) is 11.9. The second kappa shape index (κ2) is 7.73. The van der Waals surface area contributed by atoms with Crippen molar-refractivity contribution >= 4 is 5.97 Å². The Morgan fingerprint density at radius 1 is 0.800 bits per heavy atom. The topological polar surface area (TPSA) is 46.5 Å². The highest BCUT2D eigenvalue weighted by atomic mass is 16.5. The first-order valence-electron chi connectivity index (χ1n) is 15.0. The molecule has 0 bridgehead atoms. The van der Waals surface area contributed by atoms with Crippen molar-refractivity contribution in [2.45, 2.75) is 138 Å². The molecule has 3 heteroatoms. The molecule has 0 unspecified atom stereocenters. The zero-order valence-corrected chi connectivity index (χ0v) is 24.3. The van der Waals surface area contributed by atoms with Gasteiger partial charge in [0.2, 0.25) is 0 Å². The second-order valence-corrected chi connectivity index (χ2v) is 15.9. The molecule has 5 fully saturated rings. The Morgan fingerprint density at radius 3 is 2.09 bits per heavy atom. The minimum absolute atomic E-state index is 0.0201. The zero-order valence-electron chi connectivity index (χ0n) is 24.3. The van der Waals surface area contributed by atoms with Crippen molar-refractivity contribution in [1.82, 2.24) is 0 Å². The van der Waals surface area contributed by atoms with E-state index in [0.29, 0.717) is 45.8 Å². The van der Waals surface area contributed by atoms with Crippen LogP contribution in [0.4, 0.5) is 0 Å². The molecule has 200 valence electrons. The van der Waals surface area contributed by atoms with Crippen LogP contribution in [0.3, 0.4) is 0 Å². The lowest BCUT2D eigenvalue weighted by atomic mass is 9.32. The lowest BCUT2D eigenvalue weighted by Crippen LogP contribution is -2.67. The number of hydrogen-bond acceptors (Lipinski definition) is 3. The summed E-state index contributed by atoms with van der Waals surface area (Å²) < 4.78 is 5.90. The highest BCUT2D eigenvalue weighted by molar-refractivity contribution is 5.66. The fourth-order valence-corrected chi connectivity index (χ4v) is 12.1. The van der Waals surface area contributed by atoms with Gasteiger partial charge in [-0.2, -0.15) is 0 Å². The number of esters is 1. The van der Waals surface area contributed by atoms with Crippen molar-refractivity contribution in [3.8, 4) is 0 Å². The van der Waals surface area contributed by atoms with E-state index in [4.69, 9.17) is 4.74 Å². The Bertz CT molecular complexity index is 878. The molecule has 5 aliphatic rings. The quantitative estimate of drug-likeness (QED) is 0.405. The van der Waals surface area contributed by atoms with Gasteiger partial charge in [0.05, 0.1) is 5.60 Å². The Labute approximate surface area is 215 Å². The van der Waals surface area contributed by atoms with Crippen molar-refractivity contribution in [3.63, 3.8) is 0 Å². The molecule has 0 aromatic rings. The average molecular weight is 487 g/mol. The summed E-state index contributed by atoms with van der Waals surface area (Å²) in [5.74, 6) is 2.58. The monoisotopic (exact) mass is 486 g/mol. The van der Waals surface area contributed by atoms with E-state index in [-0.39, 0.29) is 22.9 Å². The van der Waals surface area contributed by atoms with Gasteiger partial charge in [-0.3, -0.25) is 4.79 Å². The molecule has 5 aliphatic carbocycles. The second-order valence-electron chi connectivity index (χ2n) is 15.9. The van der Waals surface area contributed by atoms with Crippen molar-refractivity contribution in [3.05, 3.63) is 0 Å². The van der Waals surface area contributed by atoms with Gasteiger partial charge < -0.3 is 9.84 Å². The van der Waals surface area contributed by atoms with Crippen molar-refractivity contribution in [2.24, 2.45) is 56.7 Å². The summed E-state index contributed by atoms with van der Waals surface area (Å²) in [6.45, 7) is 21.3. The number of carbonyl (C=O) groups excluding carboxylic acids is 1. The van der Waals surface area contributed by atoms with Gasteiger partial charge in [-0.05, 0) is 115 Å². The number of rotatable bonds is 2. The van der Waals surface area contributed by atoms with E-state index < -0.39 is 5.60 Å². The fourth-order valence-electron chi connectivity index (χ4n) is 12.1. The maximum Gasteiger partial charge on any atom is 0.302 e. The lowest BCUT2D eigenvalue weighted by Gasteiger charge is -2.73. The minimum Gasteiger partial charge on any atom is -0.462 e. The van der Waals surface area contributed by atoms with E-state index in [0.717, 1.165) is 12.8 Å². The number of hydrogen-bond donors (Lipinski definition) is 1. The van der Waals surface area contributed by atoms with Crippen LogP contribution in [0.2, 0.25) is 0 Å². The highest BCUT2D eigenvalue weighted by Gasteiger charge is 2.72. The van der Waals surface area contributed by atoms with Crippen LogP contribution < -0.4 is 0 Å². The molecular formula is C32H54O3. The van der Waals surface area contributed by atoms with Crippen LogP contribution in [-0.2, 0) is 9.53 Å². The molecule has 0 aromatic heterocycles. The van der Waals surface area contributed by atoms with E-state index in [1.807, 2.05) is 0 Å². The van der Waals surface area contributed by atoms with Crippen LogP contribution >= 0.6 is 0 Å². The van der Waals surface area contributed by atoms with Crippen LogP contribution in [0.25, 0.3) is 0 Å². The lowest BCUT2D eigenvalue weighted by molar-refractivity contribution is -0.259. The van der Waals surface area contributed by atoms with E-state index in [1.165, 1.54) is 51.4 Å². The first-order valence-corrected chi connectivity index (χ1v) is 15.0. The molecule has 10 atom stereocenters. The van der Waals surface area contributed by atoms with E-state index in [9.17, 15) is 9.90 Å². The number of ether oxygens (including phenoxy) is 1. The van der Waals surface area contributed by atoms with Gasteiger partial charge in [0, 0.05) is 12.3 Å². The van der Waals surface area contributed by atoms with Crippen LogP contribution in [0, 0.1) is 56.7 Å². The van der Waals surface area contributed by atoms with Gasteiger partial charge in [-0.15, -0.1) is 0 Å². The summed E-state index contributed by atoms with van der Waals surface area (Å²) in [6.07, 6.45) is 12.1. The molecular weight excluding hydrogens is 432 g/mol. The van der Waals surface area contributed by atoms with Crippen LogP contribution in [0.15, 0.2) is 0 Å². The number of fused-ring (bicyclic) bond motifs is 7. The first kappa shape index (κ1) is 26.1. The van der Waals surface area contributed by atoms with Crippen molar-refractivity contribution < 1.29 is 14.6 Å². The number of carbonyl (C=O) groups is 1. The summed E-state index contributed by atoms with van der Waals surface area (Å²) >= 11 is 0. The molecule has 0 saturated heterocycles. The van der Waals surface area contributed by atoms with Gasteiger partial charge in [0.25, 0.3) is 0 Å². The van der Waals surface area contributed by atoms with E-state index >= 15 is 0 Å². The van der Waals surface area contributed by atoms with Crippen LogP contribution in [0.1, 0.15) is 127 Å². The third-order valence-electron chi connectivity index (χ3n) is 14.2. The Morgan fingerprint density at radius 2 is 1.46 bits per heavy atom. The third-order valence-corrected chi connectivity index (χ3v) is 14.2. The standard InChI is InChI=1S/C32H54O3/c1-20(2)32(34)19-17-28(6)16-18-30(8)22(26(28)32)10-11-24-29(7)14-13-25(35-21(3)33)27(4,5)23(29)12-15-31(24,30)9/h20,22-26,34H,10-19H2,1-9H3/t22-,23+,24-,25+,26-,28+,29+,30-,31-,32-/m1/s1. The molecule has 5 rings (SSSR count). The molecule has 0 radical (unpaired) electrons. The van der Waals surface area contributed by atoms with Crippen LogP contribution in [-0.4, -0.2) is 22.8 Å².